The molecule has 2 N–H and O–H groups in total. The fraction of sp³-hybridized carbons (Fsp3) is 0.235. The summed E-state index contributed by atoms with van der Waals surface area (Å²) in [5.41, 5.74) is 2.10. The molecule has 2 aromatic carbocycles. The van der Waals surface area contributed by atoms with Crippen LogP contribution in [0.15, 0.2) is 42.5 Å². The smallest absolute Gasteiger partial charge is 0.269 e. The predicted octanol–water partition coefficient (Wildman–Crippen LogP) is 3.85. The molecule has 2 aromatic rings. The van der Waals surface area contributed by atoms with Crippen LogP contribution in [0.1, 0.15) is 24.1 Å². The number of aryl methyl sites for hydroxylation is 1. The third-order valence-corrected chi connectivity index (χ3v) is 3.98. The van der Waals surface area contributed by atoms with Crippen molar-refractivity contribution >= 4 is 28.9 Å². The minimum atomic E-state index is -0.467. The first-order chi connectivity index (χ1) is 11.4. The molecule has 6 nitrogen and oxygen atoms in total. The van der Waals surface area contributed by atoms with E-state index in [1.165, 1.54) is 18.2 Å². The maximum Gasteiger partial charge on any atom is 0.269 e. The number of nitrogens with one attached hydrogen (secondary N) is 2. The summed E-state index contributed by atoms with van der Waals surface area (Å²) in [6, 6.07) is 11.7. The van der Waals surface area contributed by atoms with Gasteiger partial charge in [0.15, 0.2) is 0 Å². The molecule has 0 saturated carbocycles. The van der Waals surface area contributed by atoms with Crippen molar-refractivity contribution in [1.82, 2.24) is 5.32 Å². The van der Waals surface area contributed by atoms with Crippen molar-refractivity contribution < 1.29 is 9.72 Å². The molecule has 2 rings (SSSR count). The number of nitrogens with zero attached hydrogens (tertiary/aromatic N) is 1. The van der Waals surface area contributed by atoms with E-state index in [-0.39, 0.29) is 24.2 Å². The maximum atomic E-state index is 12.1. The van der Waals surface area contributed by atoms with Crippen molar-refractivity contribution in [3.8, 4) is 0 Å². The Morgan fingerprint density at radius 2 is 2.00 bits per heavy atom. The molecule has 126 valence electrons. The molecule has 1 amide bonds. The minimum Gasteiger partial charge on any atom is -0.325 e. The van der Waals surface area contributed by atoms with Crippen LogP contribution in [0.3, 0.4) is 0 Å². The molecule has 0 aliphatic rings. The van der Waals surface area contributed by atoms with Crippen LogP contribution in [0.4, 0.5) is 11.4 Å². The quantitative estimate of drug-likeness (QED) is 0.614. The third kappa shape index (κ3) is 4.53. The number of halogens is 1. The van der Waals surface area contributed by atoms with E-state index >= 15 is 0 Å². The van der Waals surface area contributed by atoms with E-state index in [0.29, 0.717) is 16.3 Å². The van der Waals surface area contributed by atoms with Crippen LogP contribution in [-0.4, -0.2) is 17.4 Å². The number of hydrogen-bond acceptors (Lipinski definition) is 4. The van der Waals surface area contributed by atoms with Crippen molar-refractivity contribution in [3.05, 3.63) is 68.7 Å². The molecule has 1 unspecified atom stereocenters. The number of nitro groups is 1. The fourth-order valence-electron chi connectivity index (χ4n) is 2.28. The Morgan fingerprint density at radius 3 is 2.62 bits per heavy atom. The minimum absolute atomic E-state index is 0.00374. The van der Waals surface area contributed by atoms with E-state index in [4.69, 9.17) is 11.6 Å². The van der Waals surface area contributed by atoms with Crippen LogP contribution < -0.4 is 10.6 Å². The SMILES string of the molecule is Cc1cc([N+](=O)[O-])ccc1NC(=O)CNC(C)c1ccccc1Cl. The highest BCUT2D eigenvalue weighted by atomic mass is 35.5. The fourth-order valence-corrected chi connectivity index (χ4v) is 2.58. The number of carbonyl (C=O) groups excluding carboxylic acids is 1. The van der Waals surface area contributed by atoms with Gasteiger partial charge >= 0.3 is 0 Å². The van der Waals surface area contributed by atoms with Crippen LogP contribution in [-0.2, 0) is 4.79 Å². The highest BCUT2D eigenvalue weighted by Gasteiger charge is 2.12. The zero-order chi connectivity index (χ0) is 17.7. The second-order valence-electron chi connectivity index (χ2n) is 5.43. The Kier molecular flexibility index (Phi) is 5.89. The largest absolute Gasteiger partial charge is 0.325 e. The Hall–Kier alpha value is -2.44. The number of hydrogen-bond donors (Lipinski definition) is 2. The third-order valence-electron chi connectivity index (χ3n) is 3.64. The highest BCUT2D eigenvalue weighted by molar-refractivity contribution is 6.31. The average molecular weight is 348 g/mol. The highest BCUT2D eigenvalue weighted by Crippen LogP contribution is 2.23. The van der Waals surface area contributed by atoms with Crippen molar-refractivity contribution in [3.63, 3.8) is 0 Å². The first-order valence-electron chi connectivity index (χ1n) is 7.41. The van der Waals surface area contributed by atoms with Crippen LogP contribution in [0.25, 0.3) is 0 Å². The number of benzene rings is 2. The summed E-state index contributed by atoms with van der Waals surface area (Å²) >= 11 is 6.13. The zero-order valence-electron chi connectivity index (χ0n) is 13.4. The van der Waals surface area contributed by atoms with E-state index in [9.17, 15) is 14.9 Å². The lowest BCUT2D eigenvalue weighted by atomic mass is 10.1. The Balaban J connectivity index is 1.94. The topological polar surface area (TPSA) is 84.3 Å². The lowest BCUT2D eigenvalue weighted by Crippen LogP contribution is -2.30. The van der Waals surface area contributed by atoms with Crippen molar-refractivity contribution in [2.45, 2.75) is 19.9 Å². The molecule has 0 heterocycles. The number of non-ortho nitro benzene ring substituents is 1. The first-order valence-corrected chi connectivity index (χ1v) is 7.79. The van der Waals surface area contributed by atoms with Crippen molar-refractivity contribution in [2.75, 3.05) is 11.9 Å². The monoisotopic (exact) mass is 347 g/mol. The van der Waals surface area contributed by atoms with E-state index in [2.05, 4.69) is 10.6 Å². The summed E-state index contributed by atoms with van der Waals surface area (Å²) in [6.07, 6.45) is 0. The molecular formula is C17H18ClN3O3. The molecule has 0 fully saturated rings. The van der Waals surface area contributed by atoms with E-state index < -0.39 is 4.92 Å². The lowest BCUT2D eigenvalue weighted by Gasteiger charge is -2.16. The summed E-state index contributed by atoms with van der Waals surface area (Å²) in [7, 11) is 0. The standard InChI is InChI=1S/C17H18ClN3O3/c1-11-9-13(21(23)24)7-8-16(11)20-17(22)10-19-12(2)14-5-3-4-6-15(14)18/h3-9,12,19H,10H2,1-2H3,(H,20,22). The van der Waals surface area contributed by atoms with Gasteiger partial charge in [0, 0.05) is 28.9 Å². The second kappa shape index (κ2) is 7.90. The summed E-state index contributed by atoms with van der Waals surface area (Å²) in [5.74, 6) is -0.231. The Bertz CT molecular complexity index is 764. The molecule has 1 atom stereocenters. The molecular weight excluding hydrogens is 330 g/mol. The maximum absolute atomic E-state index is 12.1. The van der Waals surface area contributed by atoms with Gasteiger partial charge < -0.3 is 10.6 Å². The number of rotatable bonds is 6. The van der Waals surface area contributed by atoms with Crippen LogP contribution in [0.5, 0.6) is 0 Å². The molecule has 7 heteroatoms. The number of amides is 1. The number of carbonyl (C=O) groups is 1. The van der Waals surface area contributed by atoms with Crippen molar-refractivity contribution in [2.24, 2.45) is 0 Å². The molecule has 0 saturated heterocycles. The summed E-state index contributed by atoms with van der Waals surface area (Å²) in [5, 5.41) is 17.2. The average Bonchev–Trinajstić information content (AvgIpc) is 2.54. The lowest BCUT2D eigenvalue weighted by molar-refractivity contribution is -0.384. The summed E-state index contributed by atoms with van der Waals surface area (Å²) in [4.78, 5) is 22.3. The van der Waals surface area contributed by atoms with E-state index in [1.54, 1.807) is 13.0 Å². The summed E-state index contributed by atoms with van der Waals surface area (Å²) < 4.78 is 0. The molecule has 0 spiro atoms. The Morgan fingerprint density at radius 1 is 1.29 bits per heavy atom. The molecule has 0 bridgehead atoms. The van der Waals surface area contributed by atoms with Gasteiger partial charge in [0.1, 0.15) is 0 Å². The first kappa shape index (κ1) is 17.9. The number of anilines is 1. The van der Waals surface area contributed by atoms with Gasteiger partial charge in [-0.2, -0.15) is 0 Å². The van der Waals surface area contributed by atoms with Gasteiger partial charge in [-0.25, -0.2) is 0 Å². The summed E-state index contributed by atoms with van der Waals surface area (Å²) in [6.45, 7) is 3.73. The molecule has 0 aliphatic heterocycles. The van der Waals surface area contributed by atoms with Gasteiger partial charge in [-0.15, -0.1) is 0 Å². The van der Waals surface area contributed by atoms with Crippen LogP contribution in [0, 0.1) is 17.0 Å². The van der Waals surface area contributed by atoms with Crippen LogP contribution >= 0.6 is 11.6 Å². The van der Waals surface area contributed by atoms with Gasteiger partial charge in [0.25, 0.3) is 5.69 Å². The van der Waals surface area contributed by atoms with Gasteiger partial charge in [0.2, 0.25) is 5.91 Å². The van der Waals surface area contributed by atoms with Gasteiger partial charge in [0.05, 0.1) is 11.5 Å². The van der Waals surface area contributed by atoms with Gasteiger partial charge in [-0.1, -0.05) is 29.8 Å². The second-order valence-corrected chi connectivity index (χ2v) is 5.84. The molecule has 0 aliphatic carbocycles. The Labute approximate surface area is 145 Å². The van der Waals surface area contributed by atoms with Gasteiger partial charge in [-0.05, 0) is 37.1 Å². The molecule has 0 radical (unpaired) electrons. The normalized spacial score (nSPS) is 11.8. The zero-order valence-corrected chi connectivity index (χ0v) is 14.1. The molecule has 0 aromatic heterocycles. The molecule has 24 heavy (non-hydrogen) atoms. The van der Waals surface area contributed by atoms with E-state index in [1.807, 2.05) is 25.1 Å². The van der Waals surface area contributed by atoms with Crippen LogP contribution in [0.2, 0.25) is 5.02 Å². The van der Waals surface area contributed by atoms with Gasteiger partial charge in [-0.3, -0.25) is 14.9 Å². The van der Waals surface area contributed by atoms with E-state index in [0.717, 1.165) is 5.56 Å². The van der Waals surface area contributed by atoms with Crippen molar-refractivity contribution in [1.29, 1.82) is 0 Å². The predicted molar refractivity (Wildman–Crippen MR) is 94.3 cm³/mol. The number of nitro benzene ring substituents is 1.